The predicted octanol–water partition coefficient (Wildman–Crippen LogP) is 4.87. The molecule has 0 N–H and O–H groups in total. The molecular formula is C15H12BrFOS. The zero-order valence-electron chi connectivity index (χ0n) is 10.3. The summed E-state index contributed by atoms with van der Waals surface area (Å²) < 4.78 is 14.0. The first-order valence-electron chi connectivity index (χ1n) is 5.74. The molecule has 2 rings (SSSR count). The molecule has 0 saturated heterocycles. The van der Waals surface area contributed by atoms with Crippen LogP contribution in [0.5, 0.6) is 0 Å². The number of rotatable bonds is 4. The van der Waals surface area contributed by atoms with E-state index in [1.54, 1.807) is 13.0 Å². The molecule has 98 valence electrons. The lowest BCUT2D eigenvalue weighted by atomic mass is 10.1. The van der Waals surface area contributed by atoms with Gasteiger partial charge in [-0.1, -0.05) is 12.1 Å². The fraction of sp³-hybridized carbons (Fsp3) is 0.133. The standard InChI is InChI=1S/C15H12BrFOS/c1-10-8-11(17)6-7-12(10)14(18)9-19-15-5-3-2-4-13(15)16/h2-8H,9H2,1H3. The Morgan fingerprint density at radius 1 is 1.26 bits per heavy atom. The summed E-state index contributed by atoms with van der Waals surface area (Å²) in [5.41, 5.74) is 1.26. The second-order valence-electron chi connectivity index (χ2n) is 4.10. The summed E-state index contributed by atoms with van der Waals surface area (Å²) in [5, 5.41) is 0. The fourth-order valence-electron chi connectivity index (χ4n) is 1.72. The molecule has 2 aromatic carbocycles. The lowest BCUT2D eigenvalue weighted by Gasteiger charge is -2.06. The Bertz CT molecular complexity index is 613. The molecule has 0 aromatic heterocycles. The third-order valence-electron chi connectivity index (χ3n) is 2.68. The summed E-state index contributed by atoms with van der Waals surface area (Å²) in [4.78, 5) is 13.1. The smallest absolute Gasteiger partial charge is 0.173 e. The Morgan fingerprint density at radius 3 is 2.68 bits per heavy atom. The second kappa shape index (κ2) is 6.35. The quantitative estimate of drug-likeness (QED) is 0.584. The zero-order valence-corrected chi connectivity index (χ0v) is 12.7. The number of benzene rings is 2. The normalized spacial score (nSPS) is 10.5. The monoisotopic (exact) mass is 338 g/mol. The number of hydrogen-bond acceptors (Lipinski definition) is 2. The van der Waals surface area contributed by atoms with E-state index in [1.807, 2.05) is 24.3 Å². The third-order valence-corrected chi connectivity index (χ3v) is 4.71. The number of carbonyl (C=O) groups is 1. The number of halogens is 2. The van der Waals surface area contributed by atoms with Crippen LogP contribution in [-0.2, 0) is 0 Å². The summed E-state index contributed by atoms with van der Waals surface area (Å²) in [5.74, 6) is 0.0421. The molecule has 0 radical (unpaired) electrons. The van der Waals surface area contributed by atoms with Crippen LogP contribution in [0.4, 0.5) is 4.39 Å². The number of hydrogen-bond donors (Lipinski definition) is 0. The van der Waals surface area contributed by atoms with Gasteiger partial charge in [-0.05, 0) is 58.7 Å². The van der Waals surface area contributed by atoms with Gasteiger partial charge in [0.2, 0.25) is 0 Å². The van der Waals surface area contributed by atoms with Crippen LogP contribution in [0.2, 0.25) is 0 Å². The average molecular weight is 339 g/mol. The maximum atomic E-state index is 13.0. The van der Waals surface area contributed by atoms with E-state index in [2.05, 4.69) is 15.9 Å². The molecular weight excluding hydrogens is 327 g/mol. The first-order valence-corrected chi connectivity index (χ1v) is 7.52. The zero-order chi connectivity index (χ0) is 13.8. The van der Waals surface area contributed by atoms with Crippen LogP contribution in [0, 0.1) is 12.7 Å². The number of Topliss-reactive ketones (excluding diaryl/α,β-unsaturated/α-hetero) is 1. The molecule has 2 aromatic rings. The van der Waals surface area contributed by atoms with E-state index in [4.69, 9.17) is 0 Å². The fourth-order valence-corrected chi connectivity index (χ4v) is 3.17. The Labute approximate surface area is 124 Å². The summed E-state index contributed by atoms with van der Waals surface area (Å²) in [6.45, 7) is 1.75. The number of thioether (sulfide) groups is 1. The molecule has 0 fully saturated rings. The van der Waals surface area contributed by atoms with E-state index in [1.165, 1.54) is 23.9 Å². The Balaban J connectivity index is 2.08. The van der Waals surface area contributed by atoms with Gasteiger partial charge < -0.3 is 0 Å². The Morgan fingerprint density at radius 2 is 2.00 bits per heavy atom. The molecule has 0 spiro atoms. The van der Waals surface area contributed by atoms with Crippen LogP contribution < -0.4 is 0 Å². The molecule has 0 aliphatic carbocycles. The number of aryl methyl sites for hydroxylation is 1. The minimum absolute atomic E-state index is 0.0123. The lowest BCUT2D eigenvalue weighted by molar-refractivity contribution is 0.102. The summed E-state index contributed by atoms with van der Waals surface area (Å²) in [6, 6.07) is 12.0. The van der Waals surface area contributed by atoms with Crippen LogP contribution in [0.1, 0.15) is 15.9 Å². The topological polar surface area (TPSA) is 17.1 Å². The van der Waals surface area contributed by atoms with Crippen molar-refractivity contribution in [2.75, 3.05) is 5.75 Å². The summed E-state index contributed by atoms with van der Waals surface area (Å²) in [6.07, 6.45) is 0. The van der Waals surface area contributed by atoms with Gasteiger partial charge in [-0.15, -0.1) is 11.8 Å². The maximum absolute atomic E-state index is 13.0. The predicted molar refractivity (Wildman–Crippen MR) is 80.3 cm³/mol. The highest BCUT2D eigenvalue weighted by molar-refractivity contribution is 9.10. The maximum Gasteiger partial charge on any atom is 0.173 e. The van der Waals surface area contributed by atoms with Gasteiger partial charge in [0.25, 0.3) is 0 Å². The van der Waals surface area contributed by atoms with Crippen LogP contribution in [0.3, 0.4) is 0 Å². The van der Waals surface area contributed by atoms with Crippen molar-refractivity contribution < 1.29 is 9.18 Å². The Kier molecular flexibility index (Phi) is 4.77. The van der Waals surface area contributed by atoms with Crippen molar-refractivity contribution in [1.29, 1.82) is 0 Å². The highest BCUT2D eigenvalue weighted by atomic mass is 79.9. The molecule has 4 heteroatoms. The molecule has 0 heterocycles. The largest absolute Gasteiger partial charge is 0.293 e. The van der Waals surface area contributed by atoms with Crippen LogP contribution in [-0.4, -0.2) is 11.5 Å². The Hall–Kier alpha value is -1.13. The first-order chi connectivity index (χ1) is 9.08. The van der Waals surface area contributed by atoms with Gasteiger partial charge in [0, 0.05) is 14.9 Å². The molecule has 0 aliphatic heterocycles. The van der Waals surface area contributed by atoms with Gasteiger partial charge in [0.15, 0.2) is 5.78 Å². The van der Waals surface area contributed by atoms with E-state index in [-0.39, 0.29) is 11.6 Å². The summed E-state index contributed by atoms with van der Waals surface area (Å²) >= 11 is 4.92. The van der Waals surface area contributed by atoms with Crippen LogP contribution >= 0.6 is 27.7 Å². The first kappa shape index (κ1) is 14.3. The van der Waals surface area contributed by atoms with Crippen molar-refractivity contribution in [1.82, 2.24) is 0 Å². The van der Waals surface area contributed by atoms with Crippen molar-refractivity contribution in [2.45, 2.75) is 11.8 Å². The van der Waals surface area contributed by atoms with E-state index in [0.717, 1.165) is 9.37 Å². The highest BCUT2D eigenvalue weighted by Crippen LogP contribution is 2.27. The van der Waals surface area contributed by atoms with Crippen molar-refractivity contribution in [3.8, 4) is 0 Å². The lowest BCUT2D eigenvalue weighted by Crippen LogP contribution is -2.05. The highest BCUT2D eigenvalue weighted by Gasteiger charge is 2.11. The van der Waals surface area contributed by atoms with Crippen LogP contribution in [0.15, 0.2) is 51.8 Å². The molecule has 19 heavy (non-hydrogen) atoms. The van der Waals surface area contributed by atoms with Crippen molar-refractivity contribution in [2.24, 2.45) is 0 Å². The number of ketones is 1. The third kappa shape index (κ3) is 3.67. The molecule has 1 nitrogen and oxygen atoms in total. The van der Waals surface area contributed by atoms with Gasteiger partial charge in [0.1, 0.15) is 5.82 Å². The van der Waals surface area contributed by atoms with E-state index >= 15 is 0 Å². The molecule has 0 bridgehead atoms. The van der Waals surface area contributed by atoms with E-state index in [9.17, 15) is 9.18 Å². The summed E-state index contributed by atoms with van der Waals surface area (Å²) in [7, 11) is 0. The molecule has 0 aliphatic rings. The molecule has 0 atom stereocenters. The van der Waals surface area contributed by atoms with Gasteiger partial charge in [-0.3, -0.25) is 4.79 Å². The van der Waals surface area contributed by atoms with Crippen LogP contribution in [0.25, 0.3) is 0 Å². The van der Waals surface area contributed by atoms with Crippen molar-refractivity contribution >= 4 is 33.5 Å². The van der Waals surface area contributed by atoms with Gasteiger partial charge in [-0.2, -0.15) is 0 Å². The minimum atomic E-state index is -0.312. The average Bonchev–Trinajstić information content (AvgIpc) is 2.37. The van der Waals surface area contributed by atoms with E-state index in [0.29, 0.717) is 16.9 Å². The minimum Gasteiger partial charge on any atom is -0.293 e. The van der Waals surface area contributed by atoms with Gasteiger partial charge in [0.05, 0.1) is 5.75 Å². The number of carbonyl (C=O) groups excluding carboxylic acids is 1. The van der Waals surface area contributed by atoms with Crippen molar-refractivity contribution in [3.63, 3.8) is 0 Å². The SMILES string of the molecule is Cc1cc(F)ccc1C(=O)CSc1ccccc1Br. The molecule has 0 amide bonds. The van der Waals surface area contributed by atoms with E-state index < -0.39 is 0 Å². The van der Waals surface area contributed by atoms with Gasteiger partial charge in [-0.25, -0.2) is 4.39 Å². The molecule has 0 unspecified atom stereocenters. The second-order valence-corrected chi connectivity index (χ2v) is 5.97. The van der Waals surface area contributed by atoms with Gasteiger partial charge >= 0.3 is 0 Å². The van der Waals surface area contributed by atoms with Crippen molar-refractivity contribution in [3.05, 3.63) is 63.9 Å². The molecule has 0 saturated carbocycles.